The van der Waals surface area contributed by atoms with Crippen molar-refractivity contribution < 1.29 is 17.7 Å². The molecule has 0 spiro atoms. The molecule has 1 unspecified atom stereocenters. The fourth-order valence-electron chi connectivity index (χ4n) is 2.13. The minimum absolute atomic E-state index is 0.190. The number of aliphatic hydroxyl groups is 1. The minimum atomic E-state index is -3.56. The Morgan fingerprint density at radius 3 is 2.60 bits per heavy atom. The van der Waals surface area contributed by atoms with Crippen LogP contribution in [0.5, 0.6) is 0 Å². The van der Waals surface area contributed by atoms with Gasteiger partial charge in [-0.2, -0.15) is 4.31 Å². The maximum Gasteiger partial charge on any atom is 0.243 e. The van der Waals surface area contributed by atoms with E-state index in [1.807, 2.05) is 6.92 Å². The van der Waals surface area contributed by atoms with Gasteiger partial charge in [-0.25, -0.2) is 8.42 Å². The summed E-state index contributed by atoms with van der Waals surface area (Å²) in [6.45, 7) is 2.41. The molecule has 1 N–H and O–H groups in total. The molecule has 1 saturated heterocycles. The Hall–Kier alpha value is -0.760. The third kappa shape index (κ3) is 3.28. The smallest absolute Gasteiger partial charge is 0.243 e. The van der Waals surface area contributed by atoms with E-state index in [0.29, 0.717) is 23.5 Å². The van der Waals surface area contributed by atoms with Gasteiger partial charge in [0.15, 0.2) is 0 Å². The predicted molar refractivity (Wildman–Crippen MR) is 78.3 cm³/mol. The van der Waals surface area contributed by atoms with E-state index >= 15 is 0 Å². The summed E-state index contributed by atoms with van der Waals surface area (Å²) in [5.41, 5.74) is 0.606. The third-order valence-electron chi connectivity index (χ3n) is 3.40. The number of nitrogens with zero attached hydrogens (tertiary/aromatic N) is 1. The highest BCUT2D eigenvalue weighted by atomic mass is 32.2. The molecule has 1 aromatic rings. The average Bonchev–Trinajstić information content (AvgIpc) is 2.47. The van der Waals surface area contributed by atoms with Gasteiger partial charge in [0, 0.05) is 35.4 Å². The number of sulfonamides is 1. The fraction of sp³-hybridized carbons (Fsp3) is 0.538. The molecule has 1 heterocycles. The summed E-state index contributed by atoms with van der Waals surface area (Å²) >= 11 is 0. The van der Waals surface area contributed by atoms with E-state index in [-0.39, 0.29) is 18.0 Å². The summed E-state index contributed by atoms with van der Waals surface area (Å²) in [4.78, 5) is 0.190. The lowest BCUT2D eigenvalue weighted by Crippen LogP contribution is -2.41. The Labute approximate surface area is 122 Å². The largest absolute Gasteiger partial charge is 0.388 e. The van der Waals surface area contributed by atoms with Gasteiger partial charge in [-0.15, -0.1) is 0 Å². The van der Waals surface area contributed by atoms with Crippen molar-refractivity contribution in [3.05, 3.63) is 29.8 Å². The van der Waals surface area contributed by atoms with Crippen LogP contribution >= 0.6 is 0 Å². The van der Waals surface area contributed by atoms with Crippen LogP contribution in [-0.4, -0.2) is 46.6 Å². The molecule has 1 aliphatic rings. The van der Waals surface area contributed by atoms with E-state index in [4.69, 9.17) is 0 Å². The van der Waals surface area contributed by atoms with Crippen molar-refractivity contribution in [1.29, 1.82) is 0 Å². The molecule has 7 heteroatoms. The Bertz CT molecular complexity index is 590. The highest BCUT2D eigenvalue weighted by Crippen LogP contribution is 2.23. The van der Waals surface area contributed by atoms with Gasteiger partial charge in [0.05, 0.1) is 11.0 Å². The number of hydrogen-bond donors (Lipinski definition) is 1. The summed E-state index contributed by atoms with van der Waals surface area (Å²) in [6.07, 6.45) is -0.120. The van der Waals surface area contributed by atoms with E-state index in [9.17, 15) is 17.7 Å². The van der Waals surface area contributed by atoms with Crippen LogP contribution in [0.3, 0.4) is 0 Å². The highest BCUT2D eigenvalue weighted by Gasteiger charge is 2.28. The quantitative estimate of drug-likeness (QED) is 0.895. The fourth-order valence-corrected chi connectivity index (χ4v) is 4.91. The van der Waals surface area contributed by atoms with Gasteiger partial charge in [0.25, 0.3) is 0 Å². The topological polar surface area (TPSA) is 74.7 Å². The van der Waals surface area contributed by atoms with Gasteiger partial charge in [-0.05, 0) is 24.1 Å². The van der Waals surface area contributed by atoms with E-state index in [1.54, 1.807) is 12.1 Å². The zero-order valence-corrected chi connectivity index (χ0v) is 13.0. The van der Waals surface area contributed by atoms with Gasteiger partial charge >= 0.3 is 0 Å². The van der Waals surface area contributed by atoms with Gasteiger partial charge < -0.3 is 5.11 Å². The summed E-state index contributed by atoms with van der Waals surface area (Å²) in [5.74, 6) is 0.771. The Balaban J connectivity index is 2.27. The van der Waals surface area contributed by atoms with E-state index < -0.39 is 26.9 Å². The summed E-state index contributed by atoms with van der Waals surface area (Å²) in [7, 11) is -4.47. The molecule has 112 valence electrons. The lowest BCUT2D eigenvalue weighted by atomic mass is 10.1. The maximum absolute atomic E-state index is 12.5. The summed E-state index contributed by atoms with van der Waals surface area (Å²) in [5, 5.41) is 9.82. The maximum atomic E-state index is 12.5. The molecule has 2 rings (SSSR count). The van der Waals surface area contributed by atoms with Crippen LogP contribution in [0.1, 0.15) is 25.0 Å². The molecule has 0 bridgehead atoms. The molecule has 0 aliphatic carbocycles. The molecule has 1 fully saturated rings. The standard InChI is InChI=1S/C13H19NO4S2/c1-2-13(15)11-4-3-5-12(10-11)20(17,18)14-6-8-19(16)9-7-14/h3-5,10,13,15H,2,6-9H2,1H3. The first-order valence-corrected chi connectivity index (χ1v) is 9.51. The number of aliphatic hydroxyl groups excluding tert-OH is 1. The molecular formula is C13H19NO4S2. The Morgan fingerprint density at radius 1 is 1.35 bits per heavy atom. The van der Waals surface area contributed by atoms with E-state index in [1.165, 1.54) is 16.4 Å². The first kappa shape index (κ1) is 15.6. The lowest BCUT2D eigenvalue weighted by Gasteiger charge is -2.25. The van der Waals surface area contributed by atoms with Crippen molar-refractivity contribution >= 4 is 20.8 Å². The van der Waals surface area contributed by atoms with Crippen molar-refractivity contribution in [2.45, 2.75) is 24.3 Å². The highest BCUT2D eigenvalue weighted by molar-refractivity contribution is 7.89. The molecule has 1 atom stereocenters. The van der Waals surface area contributed by atoms with Crippen LogP contribution < -0.4 is 0 Å². The average molecular weight is 317 g/mol. The zero-order chi connectivity index (χ0) is 14.8. The first-order valence-electron chi connectivity index (χ1n) is 6.58. The van der Waals surface area contributed by atoms with Crippen LogP contribution in [0.15, 0.2) is 29.2 Å². The molecular weight excluding hydrogens is 298 g/mol. The van der Waals surface area contributed by atoms with Gasteiger partial charge in [-0.3, -0.25) is 4.21 Å². The van der Waals surface area contributed by atoms with Crippen molar-refractivity contribution in [3.8, 4) is 0 Å². The molecule has 0 aromatic heterocycles. The van der Waals surface area contributed by atoms with Gasteiger partial charge in [0.2, 0.25) is 10.0 Å². The van der Waals surface area contributed by atoms with Gasteiger partial charge in [-0.1, -0.05) is 19.1 Å². The number of rotatable bonds is 4. The van der Waals surface area contributed by atoms with Gasteiger partial charge in [0.1, 0.15) is 0 Å². The molecule has 0 radical (unpaired) electrons. The van der Waals surface area contributed by atoms with Crippen LogP contribution in [0.4, 0.5) is 0 Å². The van der Waals surface area contributed by atoms with Crippen molar-refractivity contribution in [2.75, 3.05) is 24.6 Å². The van der Waals surface area contributed by atoms with Crippen molar-refractivity contribution in [2.24, 2.45) is 0 Å². The number of benzene rings is 1. The first-order chi connectivity index (χ1) is 9.45. The molecule has 5 nitrogen and oxygen atoms in total. The Morgan fingerprint density at radius 2 is 2.00 bits per heavy atom. The van der Waals surface area contributed by atoms with Crippen LogP contribution in [0.25, 0.3) is 0 Å². The molecule has 20 heavy (non-hydrogen) atoms. The van der Waals surface area contributed by atoms with Crippen LogP contribution in [0, 0.1) is 0 Å². The molecule has 0 amide bonds. The van der Waals surface area contributed by atoms with Crippen LogP contribution in [-0.2, 0) is 20.8 Å². The summed E-state index contributed by atoms with van der Waals surface area (Å²) in [6, 6.07) is 6.42. The second kappa shape index (κ2) is 6.34. The summed E-state index contributed by atoms with van der Waals surface area (Å²) < 4.78 is 37.7. The van der Waals surface area contributed by atoms with Crippen molar-refractivity contribution in [1.82, 2.24) is 4.31 Å². The minimum Gasteiger partial charge on any atom is -0.388 e. The van der Waals surface area contributed by atoms with E-state index in [2.05, 4.69) is 0 Å². The van der Waals surface area contributed by atoms with Crippen molar-refractivity contribution in [3.63, 3.8) is 0 Å². The second-order valence-electron chi connectivity index (χ2n) is 4.75. The lowest BCUT2D eigenvalue weighted by molar-refractivity contribution is 0.173. The molecule has 1 aliphatic heterocycles. The normalized spacial score (nSPS) is 19.9. The number of hydrogen-bond acceptors (Lipinski definition) is 4. The third-order valence-corrected chi connectivity index (χ3v) is 6.57. The molecule has 0 saturated carbocycles. The Kier molecular flexibility index (Phi) is 4.95. The molecule has 1 aromatic carbocycles. The zero-order valence-electron chi connectivity index (χ0n) is 11.4. The SMILES string of the molecule is CCC(O)c1cccc(S(=O)(=O)N2CCS(=O)CC2)c1. The second-order valence-corrected chi connectivity index (χ2v) is 8.38. The monoisotopic (exact) mass is 317 g/mol. The van der Waals surface area contributed by atoms with Crippen LogP contribution in [0.2, 0.25) is 0 Å². The predicted octanol–water partition coefficient (Wildman–Crippen LogP) is 0.883. The van der Waals surface area contributed by atoms with E-state index in [0.717, 1.165) is 0 Å².